The summed E-state index contributed by atoms with van der Waals surface area (Å²) in [4.78, 5) is 8.21. The predicted octanol–water partition coefficient (Wildman–Crippen LogP) is 6.28. The van der Waals surface area contributed by atoms with Gasteiger partial charge in [0.1, 0.15) is 0 Å². The Bertz CT molecular complexity index is 492. The van der Waals surface area contributed by atoms with E-state index in [1.165, 1.54) is 110 Å². The molecule has 0 N–H and O–H groups in total. The van der Waals surface area contributed by atoms with Crippen molar-refractivity contribution in [3.05, 3.63) is 0 Å². The summed E-state index contributed by atoms with van der Waals surface area (Å²) in [6.07, 6.45) is 14.5. The molecule has 4 fully saturated rings. The van der Waals surface area contributed by atoms with Gasteiger partial charge in [-0.05, 0) is 135 Å². The first-order chi connectivity index (χ1) is 14.8. The van der Waals surface area contributed by atoms with Crippen molar-refractivity contribution in [3.63, 3.8) is 0 Å². The van der Waals surface area contributed by atoms with Crippen molar-refractivity contribution in [3.8, 4) is 0 Å². The first kappa shape index (κ1) is 25.5. The van der Waals surface area contributed by atoms with Crippen LogP contribution in [0.5, 0.6) is 0 Å². The maximum atomic E-state index is 2.83. The lowest BCUT2D eigenvalue weighted by Gasteiger charge is -2.55. The van der Waals surface area contributed by atoms with Gasteiger partial charge in [0, 0.05) is 18.6 Å². The van der Waals surface area contributed by atoms with Gasteiger partial charge in [-0.25, -0.2) is 0 Å². The monoisotopic (exact) mass is 433 g/mol. The van der Waals surface area contributed by atoms with Crippen molar-refractivity contribution in [2.45, 2.75) is 118 Å². The Morgan fingerprint density at radius 3 is 1.39 bits per heavy atom. The Hall–Kier alpha value is -0.120. The Balaban J connectivity index is 0.000000628. The Morgan fingerprint density at radius 2 is 1.00 bits per heavy atom. The van der Waals surface area contributed by atoms with E-state index in [4.69, 9.17) is 0 Å². The van der Waals surface area contributed by atoms with E-state index in [0.29, 0.717) is 5.41 Å². The average Bonchev–Trinajstić information content (AvgIpc) is 2.75. The molecule has 0 unspecified atom stereocenters. The number of likely N-dealkylation sites (tertiary alicyclic amines) is 3. The van der Waals surface area contributed by atoms with Crippen molar-refractivity contribution in [2.75, 3.05) is 45.8 Å². The Morgan fingerprint density at radius 1 is 0.613 bits per heavy atom. The molecule has 1 saturated carbocycles. The summed E-state index contributed by atoms with van der Waals surface area (Å²) in [5.41, 5.74) is 1.45. The highest BCUT2D eigenvalue weighted by Crippen LogP contribution is 2.53. The molecule has 0 bridgehead atoms. The van der Waals surface area contributed by atoms with Crippen LogP contribution >= 0.6 is 0 Å². The van der Waals surface area contributed by atoms with Crippen LogP contribution in [0.1, 0.15) is 106 Å². The van der Waals surface area contributed by atoms with Crippen LogP contribution in [0.3, 0.4) is 0 Å². The number of unbranched alkanes of at least 4 members (excludes halogenated alkanes) is 1. The number of nitrogens with zero attached hydrogens (tertiary/aromatic N) is 3. The summed E-state index contributed by atoms with van der Waals surface area (Å²) in [5, 5.41) is 0. The topological polar surface area (TPSA) is 9.72 Å². The molecule has 3 aliphatic heterocycles. The van der Waals surface area contributed by atoms with Crippen molar-refractivity contribution in [1.29, 1.82) is 0 Å². The molecular formula is C28H55N3. The van der Waals surface area contributed by atoms with E-state index in [9.17, 15) is 0 Å². The molecule has 2 spiro atoms. The van der Waals surface area contributed by atoms with Gasteiger partial charge in [0.25, 0.3) is 0 Å². The van der Waals surface area contributed by atoms with Gasteiger partial charge in [0.05, 0.1) is 0 Å². The number of rotatable bonds is 5. The highest BCUT2D eigenvalue weighted by molar-refractivity contribution is 4.99. The largest absolute Gasteiger partial charge is 0.303 e. The lowest BCUT2D eigenvalue weighted by Crippen LogP contribution is -2.52. The van der Waals surface area contributed by atoms with Crippen molar-refractivity contribution >= 4 is 0 Å². The maximum absolute atomic E-state index is 2.83. The highest BCUT2D eigenvalue weighted by Gasteiger charge is 2.46. The first-order valence-electron chi connectivity index (χ1n) is 14.0. The molecule has 0 aromatic rings. The predicted molar refractivity (Wildman–Crippen MR) is 136 cm³/mol. The van der Waals surface area contributed by atoms with E-state index in [1.807, 2.05) is 0 Å². The molecule has 3 heteroatoms. The van der Waals surface area contributed by atoms with Crippen LogP contribution in [0.25, 0.3) is 0 Å². The minimum Gasteiger partial charge on any atom is -0.303 e. The van der Waals surface area contributed by atoms with Gasteiger partial charge in [-0.2, -0.15) is 0 Å². The maximum Gasteiger partial charge on any atom is 0.00385 e. The molecule has 0 radical (unpaired) electrons. The van der Waals surface area contributed by atoms with Gasteiger partial charge in [0.15, 0.2) is 0 Å². The highest BCUT2D eigenvalue weighted by atomic mass is 15.2. The minimum atomic E-state index is 0.701. The number of piperidine rings is 3. The quantitative estimate of drug-likeness (QED) is 0.505. The van der Waals surface area contributed by atoms with Crippen LogP contribution in [0.2, 0.25) is 0 Å². The molecule has 0 amide bonds. The third-order valence-corrected chi connectivity index (χ3v) is 9.55. The number of hydrogen-bond donors (Lipinski definition) is 0. The second kappa shape index (κ2) is 11.3. The summed E-state index contributed by atoms with van der Waals surface area (Å²) in [5.74, 6) is 1.01. The van der Waals surface area contributed by atoms with Gasteiger partial charge in [-0.15, -0.1) is 0 Å². The summed E-state index contributed by atoms with van der Waals surface area (Å²) in [6.45, 7) is 23.4. The average molecular weight is 434 g/mol. The van der Waals surface area contributed by atoms with E-state index in [-0.39, 0.29) is 0 Å². The molecule has 1 aliphatic carbocycles. The lowest BCUT2D eigenvalue weighted by atomic mass is 9.57. The summed E-state index contributed by atoms with van der Waals surface area (Å²) >= 11 is 0. The molecule has 0 aromatic carbocycles. The Labute approximate surface area is 195 Å². The molecular weight excluding hydrogens is 378 g/mol. The standard InChI is InChI=1S/C24H45N3.C4H10/c1-20(2)26-13-7-23(8-14-26)5-11-25(12-6-23)19-22-17-24(18-22)9-15-27(16-10-24)21(3)4;1-3-4-2/h20-22H,5-19H2,1-4H3;3-4H2,1-2H3. The van der Waals surface area contributed by atoms with E-state index < -0.39 is 0 Å². The normalized spacial score (nSPS) is 27.5. The van der Waals surface area contributed by atoms with Gasteiger partial charge in [0.2, 0.25) is 0 Å². The van der Waals surface area contributed by atoms with Crippen LogP contribution in [0.15, 0.2) is 0 Å². The molecule has 182 valence electrons. The summed E-state index contributed by atoms with van der Waals surface area (Å²) in [6, 6.07) is 1.48. The summed E-state index contributed by atoms with van der Waals surface area (Å²) in [7, 11) is 0. The first-order valence-corrected chi connectivity index (χ1v) is 14.0. The van der Waals surface area contributed by atoms with Crippen molar-refractivity contribution < 1.29 is 0 Å². The molecule has 3 saturated heterocycles. The zero-order valence-corrected chi connectivity index (χ0v) is 22.1. The SMILES string of the molecule is CC(C)N1CCC2(CCN(CC3CC4(CCN(C(C)C)CC4)C3)CC2)CC1.CCCC. The third-order valence-electron chi connectivity index (χ3n) is 9.55. The lowest BCUT2D eigenvalue weighted by molar-refractivity contribution is -0.0425. The van der Waals surface area contributed by atoms with Crippen LogP contribution in [-0.2, 0) is 0 Å². The van der Waals surface area contributed by atoms with Gasteiger partial charge < -0.3 is 14.7 Å². The number of hydrogen-bond acceptors (Lipinski definition) is 3. The fourth-order valence-electron chi connectivity index (χ4n) is 6.81. The molecule has 31 heavy (non-hydrogen) atoms. The third kappa shape index (κ3) is 6.70. The van der Waals surface area contributed by atoms with E-state index in [0.717, 1.165) is 23.4 Å². The second-order valence-corrected chi connectivity index (χ2v) is 12.3. The fraction of sp³-hybridized carbons (Fsp3) is 1.00. The molecule has 4 aliphatic rings. The summed E-state index contributed by atoms with van der Waals surface area (Å²) < 4.78 is 0. The molecule has 0 aromatic heterocycles. The molecule has 3 heterocycles. The van der Waals surface area contributed by atoms with E-state index in [2.05, 4.69) is 56.2 Å². The fourth-order valence-corrected chi connectivity index (χ4v) is 6.81. The van der Waals surface area contributed by atoms with Crippen LogP contribution < -0.4 is 0 Å². The molecule has 0 atom stereocenters. The minimum absolute atomic E-state index is 0.701. The van der Waals surface area contributed by atoms with Crippen LogP contribution in [-0.4, -0.2) is 72.6 Å². The second-order valence-electron chi connectivity index (χ2n) is 12.3. The zero-order valence-electron chi connectivity index (χ0n) is 22.1. The van der Waals surface area contributed by atoms with Gasteiger partial charge in [-0.3, -0.25) is 0 Å². The van der Waals surface area contributed by atoms with E-state index >= 15 is 0 Å². The van der Waals surface area contributed by atoms with Crippen LogP contribution in [0.4, 0.5) is 0 Å². The molecule has 4 rings (SSSR count). The van der Waals surface area contributed by atoms with Gasteiger partial charge >= 0.3 is 0 Å². The molecule has 3 nitrogen and oxygen atoms in total. The van der Waals surface area contributed by atoms with Crippen LogP contribution in [0, 0.1) is 16.7 Å². The Kier molecular flexibility index (Phi) is 9.33. The smallest absolute Gasteiger partial charge is 0.00385 e. The zero-order chi connectivity index (χ0) is 22.5. The van der Waals surface area contributed by atoms with Crippen molar-refractivity contribution in [1.82, 2.24) is 14.7 Å². The van der Waals surface area contributed by atoms with Crippen molar-refractivity contribution in [2.24, 2.45) is 16.7 Å². The van der Waals surface area contributed by atoms with E-state index in [1.54, 1.807) is 0 Å². The van der Waals surface area contributed by atoms with Gasteiger partial charge in [-0.1, -0.05) is 26.7 Å².